The van der Waals surface area contributed by atoms with Crippen molar-refractivity contribution in [3.8, 4) is 0 Å². The number of nitrogens with one attached hydrogen (secondary N) is 1. The Morgan fingerprint density at radius 3 is 2.35 bits per heavy atom. The fourth-order valence-corrected chi connectivity index (χ4v) is 4.08. The van der Waals surface area contributed by atoms with Gasteiger partial charge in [-0.15, -0.1) is 0 Å². The number of nitrogens with two attached hydrogens (primary N) is 1. The Labute approximate surface area is 124 Å². The molecule has 0 spiro atoms. The molecule has 0 aliphatic heterocycles. The normalized spacial score (nSPS) is 14.2. The van der Waals surface area contributed by atoms with Gasteiger partial charge in [0.25, 0.3) is 0 Å². The third kappa shape index (κ3) is 4.16. The lowest BCUT2D eigenvalue weighted by molar-refractivity contribution is 0.542. The summed E-state index contributed by atoms with van der Waals surface area (Å²) >= 11 is 5.86. The second-order valence-corrected chi connectivity index (χ2v) is 8.43. The van der Waals surface area contributed by atoms with E-state index in [1.54, 1.807) is 6.92 Å². The van der Waals surface area contributed by atoms with Gasteiger partial charge in [0.2, 0.25) is 10.0 Å². The molecule has 0 bridgehead atoms. The highest BCUT2D eigenvalue weighted by Gasteiger charge is 2.23. The van der Waals surface area contributed by atoms with E-state index in [0.29, 0.717) is 6.42 Å². The predicted octanol–water partition coefficient (Wildman–Crippen LogP) is 0.759. The van der Waals surface area contributed by atoms with Crippen molar-refractivity contribution < 1.29 is 16.8 Å². The Kier molecular flexibility index (Phi) is 5.56. The van der Waals surface area contributed by atoms with Gasteiger partial charge in [-0.3, -0.25) is 0 Å². The van der Waals surface area contributed by atoms with Crippen molar-refractivity contribution in [3.63, 3.8) is 0 Å². The molecule has 0 amide bonds. The zero-order valence-corrected chi connectivity index (χ0v) is 13.5. The highest BCUT2D eigenvalue weighted by molar-refractivity contribution is 7.91. The molecule has 1 aromatic rings. The fraction of sp³-hybridized carbons (Fsp3) is 0.455. The molecule has 0 heterocycles. The van der Waals surface area contributed by atoms with Crippen LogP contribution in [0.25, 0.3) is 0 Å². The van der Waals surface area contributed by atoms with Gasteiger partial charge < -0.3 is 5.73 Å². The average molecular weight is 341 g/mol. The van der Waals surface area contributed by atoms with Gasteiger partial charge in [-0.05, 0) is 24.6 Å². The summed E-state index contributed by atoms with van der Waals surface area (Å²) in [6.07, 6.45) is 1.51. The largest absolute Gasteiger partial charge is 0.329 e. The van der Waals surface area contributed by atoms with E-state index in [4.69, 9.17) is 17.3 Å². The summed E-state index contributed by atoms with van der Waals surface area (Å²) in [4.78, 5) is -0.378. The van der Waals surface area contributed by atoms with Gasteiger partial charge in [0.15, 0.2) is 9.84 Å². The highest BCUT2D eigenvalue weighted by atomic mass is 35.5. The summed E-state index contributed by atoms with van der Waals surface area (Å²) in [5, 5.41) is -0.0447. The SMILES string of the molecule is CCC(CN)NS(=O)(=O)c1cc(S(C)(=O)=O)ccc1Cl. The van der Waals surface area contributed by atoms with Gasteiger partial charge in [-0.2, -0.15) is 0 Å². The van der Waals surface area contributed by atoms with Crippen LogP contribution in [0, 0.1) is 0 Å². The summed E-state index contributed by atoms with van der Waals surface area (Å²) in [5.41, 5.74) is 5.45. The number of sulfone groups is 1. The molecule has 20 heavy (non-hydrogen) atoms. The molecule has 1 unspecified atom stereocenters. The average Bonchev–Trinajstić information content (AvgIpc) is 2.34. The molecule has 1 atom stereocenters. The van der Waals surface area contributed by atoms with Crippen LogP contribution in [-0.2, 0) is 19.9 Å². The number of halogens is 1. The van der Waals surface area contributed by atoms with E-state index in [9.17, 15) is 16.8 Å². The van der Waals surface area contributed by atoms with Gasteiger partial charge in [0, 0.05) is 18.8 Å². The van der Waals surface area contributed by atoms with Crippen LogP contribution in [0.4, 0.5) is 0 Å². The summed E-state index contributed by atoms with van der Waals surface area (Å²) in [5.74, 6) is 0. The molecular weight excluding hydrogens is 324 g/mol. The monoisotopic (exact) mass is 340 g/mol. The zero-order valence-electron chi connectivity index (χ0n) is 11.1. The molecule has 1 aromatic carbocycles. The van der Waals surface area contributed by atoms with Crippen molar-refractivity contribution in [2.45, 2.75) is 29.2 Å². The highest BCUT2D eigenvalue weighted by Crippen LogP contribution is 2.25. The molecule has 0 aliphatic rings. The third-order valence-electron chi connectivity index (χ3n) is 2.72. The fourth-order valence-electron chi connectivity index (χ4n) is 1.50. The minimum atomic E-state index is -3.92. The van der Waals surface area contributed by atoms with E-state index < -0.39 is 25.9 Å². The second kappa shape index (κ2) is 6.40. The minimum Gasteiger partial charge on any atom is -0.329 e. The minimum absolute atomic E-state index is 0.0447. The van der Waals surface area contributed by atoms with Crippen LogP contribution in [0.3, 0.4) is 0 Å². The summed E-state index contributed by atoms with van der Waals surface area (Å²) < 4.78 is 49.8. The van der Waals surface area contributed by atoms with Gasteiger partial charge >= 0.3 is 0 Å². The van der Waals surface area contributed by atoms with Crippen molar-refractivity contribution >= 4 is 31.5 Å². The van der Waals surface area contributed by atoms with Crippen molar-refractivity contribution in [2.75, 3.05) is 12.8 Å². The predicted molar refractivity (Wildman–Crippen MR) is 78.0 cm³/mol. The van der Waals surface area contributed by atoms with E-state index in [1.165, 1.54) is 12.1 Å². The smallest absolute Gasteiger partial charge is 0.242 e. The van der Waals surface area contributed by atoms with Crippen LogP contribution < -0.4 is 10.5 Å². The van der Waals surface area contributed by atoms with Crippen LogP contribution in [0.2, 0.25) is 5.02 Å². The third-order valence-corrected chi connectivity index (χ3v) is 5.83. The maximum Gasteiger partial charge on any atom is 0.242 e. The first kappa shape index (κ1) is 17.4. The number of sulfonamides is 1. The lowest BCUT2D eigenvalue weighted by atomic mass is 10.2. The number of rotatable bonds is 6. The lowest BCUT2D eigenvalue weighted by Crippen LogP contribution is -2.39. The molecule has 3 N–H and O–H groups in total. The van der Waals surface area contributed by atoms with E-state index >= 15 is 0 Å². The molecule has 0 aromatic heterocycles. The molecule has 0 saturated carbocycles. The number of hydrogen-bond donors (Lipinski definition) is 2. The maximum atomic E-state index is 12.2. The van der Waals surface area contributed by atoms with Gasteiger partial charge in [-0.25, -0.2) is 21.6 Å². The van der Waals surface area contributed by atoms with E-state index in [0.717, 1.165) is 12.3 Å². The Morgan fingerprint density at radius 1 is 1.30 bits per heavy atom. The first-order valence-electron chi connectivity index (χ1n) is 5.83. The Hall–Kier alpha value is -0.670. The van der Waals surface area contributed by atoms with E-state index in [1.807, 2.05) is 0 Å². The van der Waals surface area contributed by atoms with Gasteiger partial charge in [0.05, 0.1) is 9.92 Å². The maximum absolute atomic E-state index is 12.2. The molecule has 0 fully saturated rings. The first-order chi connectivity index (χ1) is 9.11. The van der Waals surface area contributed by atoms with Crippen LogP contribution in [-0.4, -0.2) is 35.7 Å². The first-order valence-corrected chi connectivity index (χ1v) is 9.59. The van der Waals surface area contributed by atoms with Gasteiger partial charge in [0.1, 0.15) is 4.90 Å². The molecule has 1 rings (SSSR count). The second-order valence-electron chi connectivity index (χ2n) is 4.33. The Balaban J connectivity index is 3.31. The molecule has 6 nitrogen and oxygen atoms in total. The van der Waals surface area contributed by atoms with Crippen molar-refractivity contribution in [2.24, 2.45) is 5.73 Å². The topological polar surface area (TPSA) is 106 Å². The Bertz CT molecular complexity index is 682. The Morgan fingerprint density at radius 2 is 1.90 bits per heavy atom. The summed E-state index contributed by atoms with van der Waals surface area (Å²) in [6.45, 7) is 1.92. The van der Waals surface area contributed by atoms with E-state index in [-0.39, 0.29) is 21.4 Å². The molecule has 0 aliphatic carbocycles. The number of hydrogen-bond acceptors (Lipinski definition) is 5. The van der Waals surface area contributed by atoms with Crippen LogP contribution >= 0.6 is 11.6 Å². The summed E-state index contributed by atoms with van der Waals surface area (Å²) in [7, 11) is -7.44. The summed E-state index contributed by atoms with van der Waals surface area (Å²) in [6, 6.07) is 3.12. The quantitative estimate of drug-likeness (QED) is 0.795. The molecule has 0 radical (unpaired) electrons. The molecule has 0 saturated heterocycles. The van der Waals surface area contributed by atoms with Crippen molar-refractivity contribution in [3.05, 3.63) is 23.2 Å². The van der Waals surface area contributed by atoms with E-state index in [2.05, 4.69) is 4.72 Å². The molecule has 9 heteroatoms. The standard InChI is InChI=1S/C11H17ClN2O4S2/c1-3-8(7-13)14-20(17,18)11-6-9(19(2,15)16)4-5-10(11)12/h4-6,8,14H,3,7,13H2,1-2H3. The van der Waals surface area contributed by atoms with Crippen molar-refractivity contribution in [1.29, 1.82) is 0 Å². The van der Waals surface area contributed by atoms with Crippen LogP contribution in [0.15, 0.2) is 28.0 Å². The van der Waals surface area contributed by atoms with Crippen LogP contribution in [0.5, 0.6) is 0 Å². The van der Waals surface area contributed by atoms with Gasteiger partial charge in [-0.1, -0.05) is 18.5 Å². The lowest BCUT2D eigenvalue weighted by Gasteiger charge is -2.16. The molecular formula is C11H17ClN2O4S2. The van der Waals surface area contributed by atoms with Crippen LogP contribution in [0.1, 0.15) is 13.3 Å². The number of benzene rings is 1. The van der Waals surface area contributed by atoms with Crippen molar-refractivity contribution in [1.82, 2.24) is 4.72 Å². The molecule has 114 valence electrons. The zero-order chi connectivity index (χ0) is 15.6.